The lowest BCUT2D eigenvalue weighted by molar-refractivity contribution is -0.274. The summed E-state index contributed by atoms with van der Waals surface area (Å²) in [4.78, 5) is 27.0. The first-order chi connectivity index (χ1) is 15.2. The van der Waals surface area contributed by atoms with Crippen molar-refractivity contribution in [3.8, 4) is 5.75 Å². The van der Waals surface area contributed by atoms with E-state index in [1.807, 2.05) is 6.92 Å². The van der Waals surface area contributed by atoms with Crippen LogP contribution in [0.3, 0.4) is 0 Å². The molecule has 0 bridgehead atoms. The third kappa shape index (κ3) is 5.64. The number of nitrogens with zero attached hydrogens (tertiary/aromatic N) is 1. The number of rotatable bonds is 9. The Morgan fingerprint density at radius 3 is 2.22 bits per heavy atom. The molecule has 1 N–H and O–H groups in total. The molecule has 170 valence electrons. The molecular formula is C22H20F4N2O4. The van der Waals surface area contributed by atoms with Crippen LogP contribution < -0.4 is 10.1 Å². The van der Waals surface area contributed by atoms with E-state index in [4.69, 9.17) is 4.74 Å². The number of anilines is 1. The van der Waals surface area contributed by atoms with Gasteiger partial charge in [-0.3, -0.25) is 14.5 Å². The maximum absolute atomic E-state index is 13.4. The van der Waals surface area contributed by atoms with Gasteiger partial charge in [-0.05, 0) is 55.3 Å². The number of carbonyl (C=O) groups excluding carboxylic acids is 2. The van der Waals surface area contributed by atoms with Crippen molar-refractivity contribution in [2.45, 2.75) is 19.7 Å². The molecular weight excluding hydrogens is 432 g/mol. The second-order valence-electron chi connectivity index (χ2n) is 6.77. The number of nitrogens with one attached hydrogen (secondary N) is 1. The first-order valence-electron chi connectivity index (χ1n) is 9.76. The minimum atomic E-state index is -4.83. The molecule has 0 spiro atoms. The number of hydrogen-bond acceptors (Lipinski definition) is 5. The molecule has 3 rings (SSSR count). The number of carbonyl (C=O) groups is 2. The number of ether oxygens (including phenoxy) is 2. The van der Waals surface area contributed by atoms with Crippen LogP contribution in [0.2, 0.25) is 0 Å². The zero-order valence-corrected chi connectivity index (χ0v) is 17.0. The molecule has 0 aliphatic carbocycles. The highest BCUT2D eigenvalue weighted by molar-refractivity contribution is 6.36. The van der Waals surface area contributed by atoms with Gasteiger partial charge in [-0.15, -0.1) is 13.2 Å². The van der Waals surface area contributed by atoms with Crippen LogP contribution in [0.25, 0.3) is 5.57 Å². The van der Waals surface area contributed by atoms with Crippen molar-refractivity contribution in [1.82, 2.24) is 4.90 Å². The number of imide groups is 1. The number of amides is 2. The summed E-state index contributed by atoms with van der Waals surface area (Å²) in [6, 6.07) is 9.81. The minimum Gasteiger partial charge on any atom is -0.406 e. The molecule has 10 heteroatoms. The normalized spacial score (nSPS) is 14.3. The number of hydrogen-bond donors (Lipinski definition) is 1. The molecule has 0 saturated carbocycles. The summed E-state index contributed by atoms with van der Waals surface area (Å²) in [5, 5.41) is 2.81. The van der Waals surface area contributed by atoms with Crippen LogP contribution in [0.4, 0.5) is 23.2 Å². The van der Waals surface area contributed by atoms with E-state index in [1.54, 1.807) is 0 Å². The molecule has 0 radical (unpaired) electrons. The van der Waals surface area contributed by atoms with Crippen molar-refractivity contribution >= 4 is 23.1 Å². The molecule has 2 amide bonds. The maximum atomic E-state index is 13.4. The van der Waals surface area contributed by atoms with E-state index in [0.717, 1.165) is 17.0 Å². The van der Waals surface area contributed by atoms with Gasteiger partial charge in [0.25, 0.3) is 11.8 Å². The highest BCUT2D eigenvalue weighted by Crippen LogP contribution is 2.31. The van der Waals surface area contributed by atoms with E-state index in [0.29, 0.717) is 25.2 Å². The second kappa shape index (κ2) is 9.82. The zero-order valence-electron chi connectivity index (χ0n) is 17.0. The fraction of sp³-hybridized carbons (Fsp3) is 0.273. The van der Waals surface area contributed by atoms with Gasteiger partial charge in [0.15, 0.2) is 0 Å². The van der Waals surface area contributed by atoms with Crippen LogP contribution in [-0.2, 0) is 14.3 Å². The summed E-state index contributed by atoms with van der Waals surface area (Å²) in [5.74, 6) is -2.09. The van der Waals surface area contributed by atoms with Crippen molar-refractivity contribution in [2.24, 2.45) is 0 Å². The SMILES string of the molecule is CCOCCCN1C(=O)C(Nc2ccc(OC(F)(F)F)cc2)=C(c2ccc(F)cc2)C1=O. The smallest absolute Gasteiger partial charge is 0.406 e. The first kappa shape index (κ1) is 23.3. The average molecular weight is 452 g/mol. The van der Waals surface area contributed by atoms with Crippen LogP contribution in [0.1, 0.15) is 18.9 Å². The predicted molar refractivity (Wildman–Crippen MR) is 108 cm³/mol. The largest absolute Gasteiger partial charge is 0.573 e. The standard InChI is InChI=1S/C22H20F4N2O4/c1-2-31-13-3-12-28-20(29)18(14-4-6-15(23)7-5-14)19(21(28)30)27-16-8-10-17(11-9-16)32-22(24,25)26/h4-11,27H,2-3,12-13H2,1H3. The Kier molecular flexibility index (Phi) is 7.14. The third-order valence-electron chi connectivity index (χ3n) is 4.53. The van der Waals surface area contributed by atoms with Crippen LogP contribution >= 0.6 is 0 Å². The monoisotopic (exact) mass is 452 g/mol. The topological polar surface area (TPSA) is 67.9 Å². The molecule has 0 saturated heterocycles. The Labute approximate surface area is 181 Å². The molecule has 0 atom stereocenters. The van der Waals surface area contributed by atoms with E-state index in [1.165, 1.54) is 36.4 Å². The molecule has 1 heterocycles. The summed E-state index contributed by atoms with van der Waals surface area (Å²) in [6.07, 6.45) is -4.40. The summed E-state index contributed by atoms with van der Waals surface area (Å²) >= 11 is 0. The zero-order chi connectivity index (χ0) is 23.3. The molecule has 6 nitrogen and oxygen atoms in total. The quantitative estimate of drug-likeness (QED) is 0.348. The van der Waals surface area contributed by atoms with Gasteiger partial charge in [0.2, 0.25) is 0 Å². The van der Waals surface area contributed by atoms with E-state index in [2.05, 4.69) is 10.1 Å². The fourth-order valence-corrected chi connectivity index (χ4v) is 3.13. The molecule has 0 unspecified atom stereocenters. The average Bonchev–Trinajstić information content (AvgIpc) is 2.96. The van der Waals surface area contributed by atoms with Gasteiger partial charge in [0.1, 0.15) is 17.3 Å². The van der Waals surface area contributed by atoms with Crippen molar-refractivity contribution in [2.75, 3.05) is 25.1 Å². The number of halogens is 4. The summed E-state index contributed by atoms with van der Waals surface area (Å²) in [5.41, 5.74) is 0.590. The van der Waals surface area contributed by atoms with Crippen molar-refractivity contribution in [3.63, 3.8) is 0 Å². The Hall–Kier alpha value is -3.40. The molecule has 32 heavy (non-hydrogen) atoms. The molecule has 1 aliphatic rings. The van der Waals surface area contributed by atoms with Gasteiger partial charge in [0.05, 0.1) is 5.57 Å². The lowest BCUT2D eigenvalue weighted by Crippen LogP contribution is -2.34. The summed E-state index contributed by atoms with van der Waals surface area (Å²) in [7, 11) is 0. The Balaban J connectivity index is 1.88. The lowest BCUT2D eigenvalue weighted by Gasteiger charge is -2.15. The summed E-state index contributed by atoms with van der Waals surface area (Å²) in [6.45, 7) is 2.81. The van der Waals surface area contributed by atoms with E-state index in [9.17, 15) is 27.2 Å². The van der Waals surface area contributed by atoms with Crippen LogP contribution in [0.5, 0.6) is 5.75 Å². The van der Waals surface area contributed by atoms with Gasteiger partial charge in [-0.2, -0.15) is 0 Å². The first-order valence-corrected chi connectivity index (χ1v) is 9.76. The highest BCUT2D eigenvalue weighted by Gasteiger charge is 2.39. The minimum absolute atomic E-state index is 0.0435. The predicted octanol–water partition coefficient (Wildman–Crippen LogP) is 4.34. The highest BCUT2D eigenvalue weighted by atomic mass is 19.4. The lowest BCUT2D eigenvalue weighted by atomic mass is 10.0. The van der Waals surface area contributed by atoms with Gasteiger partial charge in [0, 0.05) is 25.4 Å². The summed E-state index contributed by atoms with van der Waals surface area (Å²) < 4.78 is 59.5. The van der Waals surface area contributed by atoms with Crippen molar-refractivity contribution in [1.29, 1.82) is 0 Å². The third-order valence-corrected chi connectivity index (χ3v) is 4.53. The number of alkyl halides is 3. The van der Waals surface area contributed by atoms with Crippen LogP contribution in [0.15, 0.2) is 54.2 Å². The Morgan fingerprint density at radius 2 is 1.62 bits per heavy atom. The van der Waals surface area contributed by atoms with Gasteiger partial charge < -0.3 is 14.8 Å². The molecule has 2 aromatic rings. The molecule has 0 fully saturated rings. The fourth-order valence-electron chi connectivity index (χ4n) is 3.13. The van der Waals surface area contributed by atoms with E-state index < -0.39 is 29.7 Å². The van der Waals surface area contributed by atoms with Crippen molar-refractivity contribution < 1.29 is 36.6 Å². The molecule has 0 aromatic heterocycles. The Bertz CT molecular complexity index is 1000. The van der Waals surface area contributed by atoms with Gasteiger partial charge in [-0.25, -0.2) is 4.39 Å². The van der Waals surface area contributed by atoms with Crippen LogP contribution in [-0.4, -0.2) is 42.8 Å². The van der Waals surface area contributed by atoms with E-state index in [-0.39, 0.29) is 23.5 Å². The molecule has 2 aromatic carbocycles. The van der Waals surface area contributed by atoms with Gasteiger partial charge in [-0.1, -0.05) is 12.1 Å². The Morgan fingerprint density at radius 1 is 0.969 bits per heavy atom. The second-order valence-corrected chi connectivity index (χ2v) is 6.77. The maximum Gasteiger partial charge on any atom is 0.573 e. The molecule has 1 aliphatic heterocycles. The number of benzene rings is 2. The van der Waals surface area contributed by atoms with E-state index >= 15 is 0 Å². The van der Waals surface area contributed by atoms with Crippen LogP contribution in [0, 0.1) is 5.82 Å². The van der Waals surface area contributed by atoms with Crippen molar-refractivity contribution in [3.05, 3.63) is 65.6 Å². The van der Waals surface area contributed by atoms with Gasteiger partial charge >= 0.3 is 6.36 Å².